The van der Waals surface area contributed by atoms with Crippen LogP contribution in [-0.2, 0) is 18.9 Å². The van der Waals surface area contributed by atoms with Crippen molar-refractivity contribution in [3.05, 3.63) is 0 Å². The highest BCUT2D eigenvalue weighted by atomic mass is 16.8. The summed E-state index contributed by atoms with van der Waals surface area (Å²) in [5.41, 5.74) is 5.05. The average Bonchev–Trinajstić information content (AvgIpc) is 2.74. The molecular weight excluding hydrogens is 316 g/mol. The molecule has 138 valence electrons. The Morgan fingerprint density at radius 1 is 1.29 bits per heavy atom. The van der Waals surface area contributed by atoms with Crippen molar-refractivity contribution in [2.24, 2.45) is 5.73 Å². The lowest BCUT2D eigenvalue weighted by Gasteiger charge is -2.34. The van der Waals surface area contributed by atoms with Crippen LogP contribution in [0, 0.1) is 0 Å². The summed E-state index contributed by atoms with van der Waals surface area (Å²) < 4.78 is 23.0. The summed E-state index contributed by atoms with van der Waals surface area (Å²) >= 11 is 0. The number of aliphatic hydroxyl groups excluding tert-OH is 1. The number of likely N-dealkylation sites (tertiary alicyclic amines) is 1. The molecule has 0 bridgehead atoms. The third-order valence-corrected chi connectivity index (χ3v) is 4.54. The molecule has 0 radical (unpaired) electrons. The lowest BCUT2D eigenvalue weighted by Crippen LogP contribution is -2.59. The Hall–Kier alpha value is -0.930. The molecule has 3 rings (SSSR count). The van der Waals surface area contributed by atoms with Crippen LogP contribution in [0.5, 0.6) is 0 Å². The predicted molar refractivity (Wildman–Crippen MR) is 84.0 cm³/mol. The van der Waals surface area contributed by atoms with Crippen LogP contribution in [0.4, 0.5) is 4.79 Å². The van der Waals surface area contributed by atoms with Crippen LogP contribution in [0.2, 0.25) is 0 Å². The van der Waals surface area contributed by atoms with E-state index in [-0.39, 0.29) is 19.5 Å². The van der Waals surface area contributed by atoms with Crippen LogP contribution in [0.1, 0.15) is 41.0 Å². The maximum Gasteiger partial charge on any atom is 0.410 e. The molecule has 1 amide bonds. The first-order valence-corrected chi connectivity index (χ1v) is 8.36. The molecule has 5 atom stereocenters. The molecule has 0 aromatic rings. The summed E-state index contributed by atoms with van der Waals surface area (Å²) in [4.78, 5) is 13.8. The van der Waals surface area contributed by atoms with E-state index < -0.39 is 47.6 Å². The van der Waals surface area contributed by atoms with E-state index >= 15 is 0 Å². The van der Waals surface area contributed by atoms with Crippen molar-refractivity contribution in [1.82, 2.24) is 4.90 Å². The van der Waals surface area contributed by atoms with Gasteiger partial charge in [-0.3, -0.25) is 0 Å². The predicted octanol–water partition coefficient (Wildman–Crippen LogP) is 0.562. The van der Waals surface area contributed by atoms with Crippen LogP contribution in [-0.4, -0.2) is 70.7 Å². The van der Waals surface area contributed by atoms with Crippen LogP contribution in [0.25, 0.3) is 0 Å². The quantitative estimate of drug-likeness (QED) is 0.662. The molecule has 8 heteroatoms. The van der Waals surface area contributed by atoms with Gasteiger partial charge >= 0.3 is 6.09 Å². The zero-order valence-electron chi connectivity index (χ0n) is 14.9. The van der Waals surface area contributed by atoms with Gasteiger partial charge in [-0.05, 0) is 41.0 Å². The fourth-order valence-corrected chi connectivity index (χ4v) is 3.60. The van der Waals surface area contributed by atoms with Gasteiger partial charge in [0, 0.05) is 0 Å². The van der Waals surface area contributed by atoms with Crippen molar-refractivity contribution in [3.63, 3.8) is 0 Å². The number of ether oxygens (including phenoxy) is 4. The Morgan fingerprint density at radius 3 is 2.58 bits per heavy atom. The number of nitrogens with two attached hydrogens (primary N) is 1. The lowest BCUT2D eigenvalue weighted by molar-refractivity contribution is -0.212. The minimum atomic E-state index is -0.922. The highest BCUT2D eigenvalue weighted by Gasteiger charge is 2.63. The van der Waals surface area contributed by atoms with Crippen molar-refractivity contribution in [2.75, 3.05) is 13.1 Å². The second-order valence-corrected chi connectivity index (χ2v) is 8.40. The number of hydrogen-bond donors (Lipinski definition) is 2. The smallest absolute Gasteiger partial charge is 0.410 e. The molecule has 8 nitrogen and oxygen atoms in total. The minimum absolute atomic E-state index is 0.148. The monoisotopic (exact) mass is 344 g/mol. The van der Waals surface area contributed by atoms with Gasteiger partial charge in [0.2, 0.25) is 0 Å². The maximum absolute atomic E-state index is 12.4. The van der Waals surface area contributed by atoms with E-state index in [0.717, 1.165) is 0 Å². The Kier molecular flexibility index (Phi) is 4.12. The lowest BCUT2D eigenvalue weighted by atomic mass is 9.84. The number of hydrogen-bond acceptors (Lipinski definition) is 7. The van der Waals surface area contributed by atoms with Gasteiger partial charge in [-0.15, -0.1) is 0 Å². The number of carbonyl (C=O) groups excluding carboxylic acids is 1. The molecule has 0 spiro atoms. The van der Waals surface area contributed by atoms with Crippen molar-refractivity contribution >= 4 is 6.09 Å². The first-order valence-electron chi connectivity index (χ1n) is 8.36. The molecule has 0 saturated carbocycles. The normalized spacial score (nSPS) is 41.5. The third-order valence-electron chi connectivity index (χ3n) is 4.54. The Balaban J connectivity index is 1.78. The van der Waals surface area contributed by atoms with Crippen LogP contribution in [0.3, 0.4) is 0 Å². The number of nitrogens with zero attached hydrogens (tertiary/aromatic N) is 1. The standard InChI is InChI=1S/C16H28N2O6/c1-14(2,3)24-13(20)18-7-9(19)6-16(17)10(8-18)21-12-11(16)22-15(4,5)23-12/h9-12,19H,6-8,17H2,1-5H3/t9-,10+,11-,12+,16+/m0/s1. The summed E-state index contributed by atoms with van der Waals surface area (Å²) in [6.07, 6.45) is -2.59. The highest BCUT2D eigenvalue weighted by molar-refractivity contribution is 5.68. The number of aliphatic hydroxyl groups is 1. The van der Waals surface area contributed by atoms with E-state index in [1.165, 1.54) is 4.90 Å². The van der Waals surface area contributed by atoms with Gasteiger partial charge in [-0.1, -0.05) is 0 Å². The number of rotatable bonds is 0. The molecular formula is C16H28N2O6. The fourth-order valence-electron chi connectivity index (χ4n) is 3.60. The zero-order valence-corrected chi connectivity index (χ0v) is 14.9. The second kappa shape index (κ2) is 5.54. The minimum Gasteiger partial charge on any atom is -0.444 e. The number of β-amino-alcohol motifs (C(OH)–C–C–N with tert-alkyl or cyclic N) is 1. The molecule has 3 N–H and O–H groups in total. The van der Waals surface area contributed by atoms with Crippen molar-refractivity contribution in [2.45, 2.75) is 82.6 Å². The third kappa shape index (κ3) is 3.25. The Morgan fingerprint density at radius 2 is 1.96 bits per heavy atom. The van der Waals surface area contributed by atoms with E-state index in [1.54, 1.807) is 34.6 Å². The average molecular weight is 344 g/mol. The van der Waals surface area contributed by atoms with Gasteiger partial charge in [0.25, 0.3) is 0 Å². The fraction of sp³-hybridized carbons (Fsp3) is 0.938. The van der Waals surface area contributed by atoms with Crippen LogP contribution < -0.4 is 5.73 Å². The summed E-state index contributed by atoms with van der Waals surface area (Å²) in [6.45, 7) is 9.37. The Labute approximate surface area is 142 Å². The molecule has 3 aliphatic heterocycles. The van der Waals surface area contributed by atoms with E-state index in [9.17, 15) is 9.90 Å². The molecule has 0 aliphatic carbocycles. The van der Waals surface area contributed by atoms with Crippen LogP contribution in [0.15, 0.2) is 0 Å². The van der Waals surface area contributed by atoms with Gasteiger partial charge in [-0.25, -0.2) is 4.79 Å². The van der Waals surface area contributed by atoms with E-state index in [0.29, 0.717) is 0 Å². The van der Waals surface area contributed by atoms with Gasteiger partial charge < -0.3 is 34.7 Å². The molecule has 3 heterocycles. The van der Waals surface area contributed by atoms with Crippen molar-refractivity contribution in [1.29, 1.82) is 0 Å². The molecule has 0 unspecified atom stereocenters. The molecule has 0 aromatic heterocycles. The first-order chi connectivity index (χ1) is 10.9. The summed E-state index contributed by atoms with van der Waals surface area (Å²) in [5.74, 6) is -0.783. The molecule has 3 aliphatic rings. The van der Waals surface area contributed by atoms with Gasteiger partial charge in [0.1, 0.15) is 11.7 Å². The molecule has 3 fully saturated rings. The SMILES string of the molecule is CC(C)(C)OC(=O)N1C[C@@H](O)C[C@@]2(N)[C@@H](C1)O[C@@H]1OC(C)(C)O[C@@H]12. The number of fused-ring (bicyclic) bond motifs is 3. The van der Waals surface area contributed by atoms with Gasteiger partial charge in [0.15, 0.2) is 12.1 Å². The second-order valence-electron chi connectivity index (χ2n) is 8.40. The van der Waals surface area contributed by atoms with Crippen molar-refractivity contribution in [3.8, 4) is 0 Å². The first kappa shape index (κ1) is 17.9. The van der Waals surface area contributed by atoms with Crippen molar-refractivity contribution < 1.29 is 28.8 Å². The highest BCUT2D eigenvalue weighted by Crippen LogP contribution is 2.45. The summed E-state index contributed by atoms with van der Waals surface area (Å²) in [7, 11) is 0. The van der Waals surface area contributed by atoms with Gasteiger partial charge in [0.05, 0.1) is 30.8 Å². The number of amides is 1. The molecule has 3 saturated heterocycles. The van der Waals surface area contributed by atoms with Gasteiger partial charge in [-0.2, -0.15) is 0 Å². The maximum atomic E-state index is 12.4. The zero-order chi connectivity index (χ0) is 17.9. The molecule has 0 aromatic carbocycles. The van der Waals surface area contributed by atoms with Crippen LogP contribution >= 0.6 is 0 Å². The Bertz CT molecular complexity index is 519. The summed E-state index contributed by atoms with van der Waals surface area (Å²) in [6, 6.07) is 0. The largest absolute Gasteiger partial charge is 0.444 e. The number of carbonyl (C=O) groups is 1. The molecule has 24 heavy (non-hydrogen) atoms. The van der Waals surface area contributed by atoms with E-state index in [1.807, 2.05) is 0 Å². The topological polar surface area (TPSA) is 103 Å². The van der Waals surface area contributed by atoms with E-state index in [2.05, 4.69) is 0 Å². The summed E-state index contributed by atoms with van der Waals surface area (Å²) in [5, 5.41) is 10.4. The van der Waals surface area contributed by atoms with E-state index in [4.69, 9.17) is 24.7 Å².